The van der Waals surface area contributed by atoms with Gasteiger partial charge >= 0.3 is 0 Å². The van der Waals surface area contributed by atoms with Gasteiger partial charge in [0.1, 0.15) is 5.01 Å². The predicted molar refractivity (Wildman–Crippen MR) is 122 cm³/mol. The Morgan fingerprint density at radius 1 is 1.00 bits per heavy atom. The van der Waals surface area contributed by atoms with E-state index in [1.165, 1.54) is 23.5 Å². The van der Waals surface area contributed by atoms with E-state index in [0.717, 1.165) is 20.8 Å². The smallest absolute Gasteiger partial charge is 0.291 e. The Bertz CT molecular complexity index is 1330. The number of fused-ring (bicyclic) bond motifs is 1. The van der Waals surface area contributed by atoms with E-state index < -0.39 is 21.5 Å². The van der Waals surface area contributed by atoms with Crippen LogP contribution in [-0.4, -0.2) is 24.8 Å². The van der Waals surface area contributed by atoms with Crippen molar-refractivity contribution < 1.29 is 17.6 Å². The zero-order chi connectivity index (χ0) is 22.2. The van der Waals surface area contributed by atoms with Crippen LogP contribution in [0.25, 0.3) is 20.8 Å². The lowest BCUT2D eigenvalue weighted by Gasteiger charge is -2.18. The molecule has 1 amide bonds. The van der Waals surface area contributed by atoms with Gasteiger partial charge < -0.3 is 9.73 Å². The number of nitrogens with zero attached hydrogens (tertiary/aromatic N) is 1. The highest BCUT2D eigenvalue weighted by molar-refractivity contribution is 7.89. The molecule has 160 valence electrons. The van der Waals surface area contributed by atoms with Gasteiger partial charge in [-0.3, -0.25) is 4.79 Å². The molecule has 31 heavy (non-hydrogen) atoms. The Labute approximate surface area is 184 Å². The predicted octanol–water partition coefficient (Wildman–Crippen LogP) is 4.89. The van der Waals surface area contributed by atoms with Crippen LogP contribution in [0.5, 0.6) is 0 Å². The molecule has 2 aromatic heterocycles. The third-order valence-electron chi connectivity index (χ3n) is 4.21. The minimum Gasteiger partial charge on any atom is -0.438 e. The number of rotatable bonds is 5. The van der Waals surface area contributed by atoms with Crippen molar-refractivity contribution in [3.05, 3.63) is 66.4 Å². The van der Waals surface area contributed by atoms with Gasteiger partial charge in [0.2, 0.25) is 5.09 Å². The van der Waals surface area contributed by atoms with Crippen LogP contribution in [0.15, 0.2) is 70.2 Å². The molecule has 2 N–H and O–H groups in total. The first kappa shape index (κ1) is 21.2. The highest BCUT2D eigenvalue weighted by atomic mass is 32.2. The second-order valence-electron chi connectivity index (χ2n) is 7.96. The summed E-state index contributed by atoms with van der Waals surface area (Å²) in [6.45, 7) is 5.17. The average Bonchev–Trinajstić information content (AvgIpc) is 3.34. The van der Waals surface area contributed by atoms with Gasteiger partial charge in [0, 0.05) is 11.1 Å². The van der Waals surface area contributed by atoms with Gasteiger partial charge in [-0.15, -0.1) is 11.3 Å². The first-order valence-electron chi connectivity index (χ1n) is 9.52. The summed E-state index contributed by atoms with van der Waals surface area (Å²) in [6, 6.07) is 17.7. The maximum atomic E-state index is 12.8. The summed E-state index contributed by atoms with van der Waals surface area (Å²) < 4.78 is 33.7. The number of benzene rings is 2. The monoisotopic (exact) mass is 455 g/mol. The molecule has 0 saturated carbocycles. The van der Waals surface area contributed by atoms with Crippen LogP contribution in [0.1, 0.15) is 31.3 Å². The van der Waals surface area contributed by atoms with E-state index in [1.807, 2.05) is 36.4 Å². The number of amides is 1. The van der Waals surface area contributed by atoms with Crippen LogP contribution < -0.4 is 10.0 Å². The molecular weight excluding hydrogens is 434 g/mol. The van der Waals surface area contributed by atoms with Gasteiger partial charge in [-0.25, -0.2) is 18.1 Å². The Hall–Kier alpha value is -3.01. The second-order valence-corrected chi connectivity index (χ2v) is 10.6. The highest BCUT2D eigenvalue weighted by Crippen LogP contribution is 2.34. The number of aromatic nitrogens is 1. The lowest BCUT2D eigenvalue weighted by Crippen LogP contribution is -2.40. The van der Waals surface area contributed by atoms with Crippen molar-refractivity contribution in [2.75, 3.05) is 5.32 Å². The van der Waals surface area contributed by atoms with E-state index in [-0.39, 0.29) is 10.9 Å². The summed E-state index contributed by atoms with van der Waals surface area (Å²) in [5.74, 6) is -0.654. The molecule has 0 unspecified atom stereocenters. The molecule has 7 nitrogen and oxygen atoms in total. The van der Waals surface area contributed by atoms with Crippen molar-refractivity contribution >= 4 is 43.2 Å². The second kappa shape index (κ2) is 7.92. The van der Waals surface area contributed by atoms with E-state index in [9.17, 15) is 13.2 Å². The molecule has 2 heterocycles. The van der Waals surface area contributed by atoms with Gasteiger partial charge in [-0.1, -0.05) is 24.3 Å². The maximum Gasteiger partial charge on any atom is 0.291 e. The average molecular weight is 456 g/mol. The van der Waals surface area contributed by atoms with E-state index in [0.29, 0.717) is 5.69 Å². The maximum absolute atomic E-state index is 12.8. The number of thiazole rings is 1. The fraction of sp³-hybridized carbons (Fsp3) is 0.182. The molecule has 0 aliphatic rings. The third kappa shape index (κ3) is 4.68. The fourth-order valence-electron chi connectivity index (χ4n) is 2.99. The number of nitrogens with one attached hydrogen (secondary N) is 2. The quantitative estimate of drug-likeness (QED) is 0.446. The Balaban J connectivity index is 1.60. The molecule has 2 aromatic carbocycles. The standard InChI is InChI=1S/C22H21N3O4S2/c1-22(2,3)25-31(27,28)19-13-12-17(29-19)20(26)23-15-9-5-4-8-14(15)21-24-16-10-6-7-11-18(16)30-21/h4-13,25H,1-3H3,(H,23,26). The summed E-state index contributed by atoms with van der Waals surface area (Å²) in [6.07, 6.45) is 0. The molecule has 0 radical (unpaired) electrons. The summed E-state index contributed by atoms with van der Waals surface area (Å²) in [5.41, 5.74) is 1.53. The Morgan fingerprint density at radius 3 is 2.45 bits per heavy atom. The van der Waals surface area contributed by atoms with Crippen LogP contribution in [0.2, 0.25) is 0 Å². The van der Waals surface area contributed by atoms with Crippen LogP contribution in [-0.2, 0) is 10.0 Å². The molecule has 4 rings (SSSR count). The normalized spacial score (nSPS) is 12.2. The number of sulfonamides is 1. The minimum absolute atomic E-state index is 0.103. The summed E-state index contributed by atoms with van der Waals surface area (Å²) in [5, 5.41) is 3.26. The van der Waals surface area contributed by atoms with Crippen molar-refractivity contribution in [2.45, 2.75) is 31.4 Å². The van der Waals surface area contributed by atoms with Gasteiger partial charge in [0.15, 0.2) is 5.76 Å². The van der Waals surface area contributed by atoms with Gasteiger partial charge in [-0.2, -0.15) is 0 Å². The number of hydrogen-bond acceptors (Lipinski definition) is 6. The van der Waals surface area contributed by atoms with Crippen LogP contribution in [0, 0.1) is 0 Å². The minimum atomic E-state index is -3.87. The van der Waals surface area contributed by atoms with E-state index in [4.69, 9.17) is 4.42 Å². The first-order chi connectivity index (χ1) is 14.6. The fourth-order valence-corrected chi connectivity index (χ4v) is 5.35. The van der Waals surface area contributed by atoms with Crippen molar-refractivity contribution in [2.24, 2.45) is 0 Å². The Kier molecular flexibility index (Phi) is 5.42. The lowest BCUT2D eigenvalue weighted by molar-refractivity contribution is 0.0991. The summed E-state index contributed by atoms with van der Waals surface area (Å²) >= 11 is 1.53. The summed E-state index contributed by atoms with van der Waals surface area (Å²) in [4.78, 5) is 17.4. The lowest BCUT2D eigenvalue weighted by atomic mass is 10.1. The van der Waals surface area contributed by atoms with Crippen LogP contribution >= 0.6 is 11.3 Å². The topological polar surface area (TPSA) is 101 Å². The number of carbonyl (C=O) groups excluding carboxylic acids is 1. The number of para-hydroxylation sites is 2. The van der Waals surface area contributed by atoms with Crippen molar-refractivity contribution in [3.63, 3.8) is 0 Å². The largest absolute Gasteiger partial charge is 0.438 e. The number of hydrogen-bond donors (Lipinski definition) is 2. The van der Waals surface area contributed by atoms with Crippen molar-refractivity contribution in [1.82, 2.24) is 9.71 Å². The molecule has 0 saturated heterocycles. The molecule has 0 atom stereocenters. The number of furan rings is 1. The Morgan fingerprint density at radius 2 is 1.71 bits per heavy atom. The van der Waals surface area contributed by atoms with E-state index in [1.54, 1.807) is 32.9 Å². The molecule has 0 aliphatic heterocycles. The van der Waals surface area contributed by atoms with Crippen LogP contribution in [0.4, 0.5) is 5.69 Å². The molecule has 0 fully saturated rings. The first-order valence-corrected chi connectivity index (χ1v) is 11.8. The molecule has 0 aliphatic carbocycles. The van der Waals surface area contributed by atoms with Gasteiger partial charge in [-0.05, 0) is 57.2 Å². The zero-order valence-corrected chi connectivity index (χ0v) is 18.8. The highest BCUT2D eigenvalue weighted by Gasteiger charge is 2.26. The molecule has 4 aromatic rings. The van der Waals surface area contributed by atoms with Crippen molar-refractivity contribution in [1.29, 1.82) is 0 Å². The molecular formula is C22H21N3O4S2. The van der Waals surface area contributed by atoms with Gasteiger partial charge in [0.05, 0.1) is 15.9 Å². The van der Waals surface area contributed by atoms with Crippen LogP contribution in [0.3, 0.4) is 0 Å². The molecule has 9 heteroatoms. The summed E-state index contributed by atoms with van der Waals surface area (Å²) in [7, 11) is -3.87. The van der Waals surface area contributed by atoms with Gasteiger partial charge in [0.25, 0.3) is 15.9 Å². The third-order valence-corrected chi connectivity index (χ3v) is 6.91. The zero-order valence-electron chi connectivity index (χ0n) is 17.2. The molecule has 0 bridgehead atoms. The van der Waals surface area contributed by atoms with E-state index >= 15 is 0 Å². The molecule has 0 spiro atoms. The van der Waals surface area contributed by atoms with Crippen molar-refractivity contribution in [3.8, 4) is 10.6 Å². The SMILES string of the molecule is CC(C)(C)NS(=O)(=O)c1ccc(C(=O)Nc2ccccc2-c2nc3ccccc3s2)o1. The number of carbonyl (C=O) groups is 1. The number of anilines is 1. The van der Waals surface area contributed by atoms with E-state index in [2.05, 4.69) is 15.0 Å².